The molecule has 24 heavy (non-hydrogen) atoms. The van der Waals surface area contributed by atoms with E-state index >= 15 is 0 Å². The van der Waals surface area contributed by atoms with Gasteiger partial charge in [-0.25, -0.2) is 4.39 Å². The number of carbonyl (C=O) groups is 2. The van der Waals surface area contributed by atoms with Crippen molar-refractivity contribution in [3.05, 3.63) is 40.4 Å². The predicted molar refractivity (Wildman–Crippen MR) is 85.2 cm³/mol. The molecule has 0 saturated carbocycles. The number of aromatic nitrogens is 1. The molecule has 1 unspecified atom stereocenters. The standard InChI is InChI=1S/C16H16ClFN2O4/c1-8(7-12(21)23-3)19-16(22)13-9(2)24-20-15(13)14-10(17)5-4-6-11(14)18/h4-6,8H,7H2,1-3H3,(H,19,22). The summed E-state index contributed by atoms with van der Waals surface area (Å²) in [6.07, 6.45) is 0.00234. The summed E-state index contributed by atoms with van der Waals surface area (Å²) in [4.78, 5) is 23.8. The minimum atomic E-state index is -0.618. The van der Waals surface area contributed by atoms with E-state index in [2.05, 4.69) is 15.2 Å². The Morgan fingerprint density at radius 2 is 2.17 bits per heavy atom. The molecule has 0 saturated heterocycles. The zero-order chi connectivity index (χ0) is 17.9. The number of esters is 1. The molecule has 0 aliphatic rings. The van der Waals surface area contributed by atoms with E-state index in [1.54, 1.807) is 6.92 Å². The van der Waals surface area contributed by atoms with Crippen LogP contribution < -0.4 is 5.32 Å². The van der Waals surface area contributed by atoms with Gasteiger partial charge in [0.15, 0.2) is 0 Å². The minimum Gasteiger partial charge on any atom is -0.469 e. The number of halogens is 2. The van der Waals surface area contributed by atoms with Crippen LogP contribution in [-0.4, -0.2) is 30.2 Å². The maximum atomic E-state index is 14.1. The number of aryl methyl sites for hydroxylation is 1. The first-order valence-corrected chi connectivity index (χ1v) is 7.51. The SMILES string of the molecule is COC(=O)CC(C)NC(=O)c1c(-c2c(F)cccc2Cl)noc1C. The third-order valence-electron chi connectivity index (χ3n) is 3.37. The lowest BCUT2D eigenvalue weighted by Crippen LogP contribution is -2.34. The number of amides is 1. The van der Waals surface area contributed by atoms with Gasteiger partial charge in [-0.05, 0) is 26.0 Å². The van der Waals surface area contributed by atoms with Gasteiger partial charge >= 0.3 is 5.97 Å². The van der Waals surface area contributed by atoms with Crippen LogP contribution in [0.2, 0.25) is 5.02 Å². The largest absolute Gasteiger partial charge is 0.469 e. The molecule has 0 radical (unpaired) electrons. The molecule has 0 aliphatic carbocycles. The molecule has 128 valence electrons. The maximum Gasteiger partial charge on any atom is 0.307 e. The highest BCUT2D eigenvalue weighted by atomic mass is 35.5. The first kappa shape index (κ1) is 17.9. The second kappa shape index (κ2) is 7.44. The second-order valence-corrected chi connectivity index (χ2v) is 5.62. The molecule has 0 aliphatic heterocycles. The Balaban J connectivity index is 2.33. The zero-order valence-electron chi connectivity index (χ0n) is 13.4. The van der Waals surface area contributed by atoms with E-state index in [0.717, 1.165) is 0 Å². The van der Waals surface area contributed by atoms with Crippen molar-refractivity contribution < 1.29 is 23.2 Å². The number of ether oxygens (including phenoxy) is 1. The number of nitrogens with one attached hydrogen (secondary N) is 1. The van der Waals surface area contributed by atoms with Crippen molar-refractivity contribution in [1.82, 2.24) is 10.5 Å². The molecule has 1 atom stereocenters. The molecule has 0 fully saturated rings. The van der Waals surface area contributed by atoms with E-state index in [9.17, 15) is 14.0 Å². The van der Waals surface area contributed by atoms with Crippen LogP contribution in [0.5, 0.6) is 0 Å². The first-order valence-electron chi connectivity index (χ1n) is 7.13. The van der Waals surface area contributed by atoms with Crippen LogP contribution in [-0.2, 0) is 9.53 Å². The van der Waals surface area contributed by atoms with Crippen LogP contribution in [0.15, 0.2) is 22.7 Å². The fraction of sp³-hybridized carbons (Fsp3) is 0.312. The fourth-order valence-corrected chi connectivity index (χ4v) is 2.47. The van der Waals surface area contributed by atoms with Crippen molar-refractivity contribution in [3.8, 4) is 11.3 Å². The van der Waals surface area contributed by atoms with Gasteiger partial charge in [-0.3, -0.25) is 9.59 Å². The summed E-state index contributed by atoms with van der Waals surface area (Å²) < 4.78 is 23.7. The normalized spacial score (nSPS) is 11.9. The van der Waals surface area contributed by atoms with Gasteiger partial charge in [0.25, 0.3) is 5.91 Å². The third kappa shape index (κ3) is 3.73. The summed E-state index contributed by atoms with van der Waals surface area (Å²) in [5.41, 5.74) is 0.0684. The van der Waals surface area contributed by atoms with Crippen molar-refractivity contribution in [2.75, 3.05) is 7.11 Å². The first-order chi connectivity index (χ1) is 11.3. The molecule has 0 bridgehead atoms. The number of carbonyl (C=O) groups excluding carboxylic acids is 2. The van der Waals surface area contributed by atoms with E-state index in [1.807, 2.05) is 0 Å². The molecule has 1 N–H and O–H groups in total. The molecule has 1 amide bonds. The van der Waals surface area contributed by atoms with Gasteiger partial charge in [-0.15, -0.1) is 0 Å². The molecule has 1 aromatic heterocycles. The van der Waals surface area contributed by atoms with E-state index in [1.165, 1.54) is 32.2 Å². The highest BCUT2D eigenvalue weighted by Gasteiger charge is 2.26. The molecule has 0 spiro atoms. The summed E-state index contributed by atoms with van der Waals surface area (Å²) in [7, 11) is 1.26. The summed E-state index contributed by atoms with van der Waals surface area (Å²) in [6.45, 7) is 3.18. The molecule has 6 nitrogen and oxygen atoms in total. The van der Waals surface area contributed by atoms with Crippen LogP contribution in [0.4, 0.5) is 4.39 Å². The average molecular weight is 355 g/mol. The van der Waals surface area contributed by atoms with E-state index in [0.29, 0.717) is 0 Å². The summed E-state index contributed by atoms with van der Waals surface area (Å²) >= 11 is 6.03. The molecular formula is C16H16ClFN2O4. The highest BCUT2D eigenvalue weighted by Crippen LogP contribution is 2.33. The minimum absolute atomic E-state index is 0.00234. The number of hydrogen-bond acceptors (Lipinski definition) is 5. The molecule has 8 heteroatoms. The summed E-state index contributed by atoms with van der Waals surface area (Å²) in [5, 5.41) is 6.50. The quantitative estimate of drug-likeness (QED) is 0.834. The van der Waals surface area contributed by atoms with Crippen molar-refractivity contribution in [3.63, 3.8) is 0 Å². The van der Waals surface area contributed by atoms with Crippen LogP contribution >= 0.6 is 11.6 Å². The van der Waals surface area contributed by atoms with Crippen LogP contribution in [0.25, 0.3) is 11.3 Å². The van der Waals surface area contributed by atoms with Crippen LogP contribution in [0.1, 0.15) is 29.5 Å². The van der Waals surface area contributed by atoms with E-state index < -0.39 is 23.7 Å². The van der Waals surface area contributed by atoms with Crippen LogP contribution in [0.3, 0.4) is 0 Å². The lowest BCUT2D eigenvalue weighted by molar-refractivity contribution is -0.141. The van der Waals surface area contributed by atoms with E-state index in [-0.39, 0.29) is 34.0 Å². The Morgan fingerprint density at radius 1 is 1.46 bits per heavy atom. The predicted octanol–water partition coefficient (Wildman–Crippen LogP) is 3.12. The Hall–Kier alpha value is -2.41. The summed E-state index contributed by atoms with van der Waals surface area (Å²) in [6, 6.07) is 3.67. The molecule has 2 aromatic rings. The Morgan fingerprint density at radius 3 is 2.79 bits per heavy atom. The van der Waals surface area contributed by atoms with Crippen LogP contribution in [0, 0.1) is 12.7 Å². The average Bonchev–Trinajstić information content (AvgIpc) is 2.88. The topological polar surface area (TPSA) is 81.4 Å². The molecular weight excluding hydrogens is 339 g/mol. The maximum absolute atomic E-state index is 14.1. The third-order valence-corrected chi connectivity index (χ3v) is 3.68. The van der Waals surface area contributed by atoms with Gasteiger partial charge in [0.1, 0.15) is 22.8 Å². The zero-order valence-corrected chi connectivity index (χ0v) is 14.1. The lowest BCUT2D eigenvalue weighted by atomic mass is 10.0. The van der Waals surface area contributed by atoms with Gasteiger partial charge in [0.05, 0.1) is 24.1 Å². The molecule has 1 aromatic carbocycles. The fourth-order valence-electron chi connectivity index (χ4n) is 2.21. The lowest BCUT2D eigenvalue weighted by Gasteiger charge is -2.13. The Bertz CT molecular complexity index is 755. The van der Waals surface area contributed by atoms with Crippen molar-refractivity contribution >= 4 is 23.5 Å². The number of nitrogens with zero attached hydrogens (tertiary/aromatic N) is 1. The smallest absolute Gasteiger partial charge is 0.307 e. The van der Waals surface area contributed by atoms with Gasteiger partial charge < -0.3 is 14.6 Å². The van der Waals surface area contributed by atoms with Crippen molar-refractivity contribution in [1.29, 1.82) is 0 Å². The van der Waals surface area contributed by atoms with Crippen molar-refractivity contribution in [2.45, 2.75) is 26.3 Å². The number of benzene rings is 1. The van der Waals surface area contributed by atoms with Gasteiger partial charge in [-0.2, -0.15) is 0 Å². The van der Waals surface area contributed by atoms with E-state index in [4.69, 9.17) is 16.1 Å². The van der Waals surface area contributed by atoms with Gasteiger partial charge in [-0.1, -0.05) is 22.8 Å². The molecule has 1 heterocycles. The Kier molecular flexibility index (Phi) is 5.56. The van der Waals surface area contributed by atoms with Crippen molar-refractivity contribution in [2.24, 2.45) is 0 Å². The van der Waals surface area contributed by atoms with Gasteiger partial charge in [0, 0.05) is 6.04 Å². The second-order valence-electron chi connectivity index (χ2n) is 5.21. The number of rotatable bonds is 5. The summed E-state index contributed by atoms with van der Waals surface area (Å²) in [5.74, 6) is -1.40. The number of methoxy groups -OCH3 is 1. The Labute approximate surface area is 142 Å². The van der Waals surface area contributed by atoms with Gasteiger partial charge in [0.2, 0.25) is 0 Å². The number of hydrogen-bond donors (Lipinski definition) is 1. The molecule has 2 rings (SSSR count). The monoisotopic (exact) mass is 354 g/mol. The highest BCUT2D eigenvalue weighted by molar-refractivity contribution is 6.33.